The van der Waals surface area contributed by atoms with E-state index in [1.54, 1.807) is 6.20 Å². The van der Waals surface area contributed by atoms with Crippen LogP contribution in [0.3, 0.4) is 0 Å². The van der Waals surface area contributed by atoms with Crippen molar-refractivity contribution in [1.29, 1.82) is 0 Å². The Balaban J connectivity index is 2.09. The van der Waals surface area contributed by atoms with Crippen molar-refractivity contribution in [3.63, 3.8) is 0 Å². The average Bonchev–Trinajstić information content (AvgIpc) is 2.38. The normalized spacial score (nSPS) is 21.5. The molecule has 0 amide bonds. The van der Waals surface area contributed by atoms with Gasteiger partial charge in [0.25, 0.3) is 0 Å². The van der Waals surface area contributed by atoms with Crippen LogP contribution >= 0.6 is 0 Å². The number of piperidine rings is 1. The number of hydrogen-bond donors (Lipinski definition) is 1. The van der Waals surface area contributed by atoms with E-state index in [0.717, 1.165) is 17.9 Å². The van der Waals surface area contributed by atoms with Crippen LogP contribution in [-0.2, 0) is 6.61 Å². The van der Waals surface area contributed by atoms with Crippen molar-refractivity contribution in [2.24, 2.45) is 0 Å². The van der Waals surface area contributed by atoms with E-state index >= 15 is 0 Å². The van der Waals surface area contributed by atoms with Crippen LogP contribution in [0.15, 0.2) is 18.3 Å². The zero-order chi connectivity index (χ0) is 12.3. The van der Waals surface area contributed by atoms with Crippen LogP contribution in [0.25, 0.3) is 0 Å². The third-order valence-electron chi connectivity index (χ3n) is 3.52. The molecule has 17 heavy (non-hydrogen) atoms. The molecule has 1 aromatic rings. The van der Waals surface area contributed by atoms with Crippen molar-refractivity contribution < 1.29 is 5.11 Å². The van der Waals surface area contributed by atoms with Gasteiger partial charge < -0.3 is 14.9 Å². The summed E-state index contributed by atoms with van der Waals surface area (Å²) in [5.41, 5.74) is 1.88. The van der Waals surface area contributed by atoms with E-state index in [1.165, 1.54) is 19.4 Å². The Hall–Kier alpha value is -1.13. The Morgan fingerprint density at radius 3 is 3.12 bits per heavy atom. The molecule has 0 aromatic carbocycles. The molecule has 1 unspecified atom stereocenters. The molecule has 0 spiro atoms. The van der Waals surface area contributed by atoms with Crippen LogP contribution in [0.5, 0.6) is 0 Å². The molecule has 2 heterocycles. The minimum absolute atomic E-state index is 0.00620. The van der Waals surface area contributed by atoms with Crippen LogP contribution in [0.2, 0.25) is 0 Å². The number of likely N-dealkylation sites (N-methyl/N-ethyl adjacent to an activating group) is 2. The molecule has 1 saturated heterocycles. The fraction of sp³-hybridized carbons (Fsp3) is 0.615. The Kier molecular flexibility index (Phi) is 3.97. The van der Waals surface area contributed by atoms with Gasteiger partial charge in [0, 0.05) is 31.5 Å². The summed E-state index contributed by atoms with van der Waals surface area (Å²) < 4.78 is 0. The first-order valence-corrected chi connectivity index (χ1v) is 6.18. The second-order valence-electron chi connectivity index (χ2n) is 4.83. The Morgan fingerprint density at radius 1 is 1.59 bits per heavy atom. The summed E-state index contributed by atoms with van der Waals surface area (Å²) in [4.78, 5) is 8.79. The van der Waals surface area contributed by atoms with Crippen molar-refractivity contribution in [2.75, 3.05) is 32.1 Å². The molecule has 1 aliphatic heterocycles. The maximum atomic E-state index is 9.11. The topological polar surface area (TPSA) is 39.6 Å². The monoisotopic (exact) mass is 235 g/mol. The lowest BCUT2D eigenvalue weighted by Gasteiger charge is -2.37. The van der Waals surface area contributed by atoms with Gasteiger partial charge in [-0.3, -0.25) is 4.98 Å². The van der Waals surface area contributed by atoms with Crippen molar-refractivity contribution in [2.45, 2.75) is 25.5 Å². The van der Waals surface area contributed by atoms with Gasteiger partial charge in [0.1, 0.15) is 0 Å². The molecule has 1 N–H and O–H groups in total. The van der Waals surface area contributed by atoms with Crippen molar-refractivity contribution in [1.82, 2.24) is 9.88 Å². The second kappa shape index (κ2) is 5.47. The lowest BCUT2D eigenvalue weighted by atomic mass is 10.0. The number of likely N-dealkylation sites (tertiary alicyclic amines) is 1. The molecule has 0 saturated carbocycles. The Morgan fingerprint density at radius 2 is 2.41 bits per heavy atom. The molecule has 94 valence electrons. The molecule has 4 heteroatoms. The number of anilines is 1. The molecule has 1 atom stereocenters. The first-order chi connectivity index (χ1) is 8.20. The van der Waals surface area contributed by atoms with Gasteiger partial charge in [-0.1, -0.05) is 0 Å². The Bertz CT molecular complexity index is 369. The van der Waals surface area contributed by atoms with E-state index in [4.69, 9.17) is 5.11 Å². The summed E-state index contributed by atoms with van der Waals surface area (Å²) >= 11 is 0. The number of aliphatic hydroxyl groups is 1. The molecular weight excluding hydrogens is 214 g/mol. The first-order valence-electron chi connectivity index (χ1n) is 6.18. The van der Waals surface area contributed by atoms with Crippen LogP contribution in [0.1, 0.15) is 18.5 Å². The quantitative estimate of drug-likeness (QED) is 0.852. The lowest BCUT2D eigenvalue weighted by molar-refractivity contribution is 0.247. The van der Waals surface area contributed by atoms with E-state index in [0.29, 0.717) is 6.04 Å². The highest BCUT2D eigenvalue weighted by Crippen LogP contribution is 2.21. The highest BCUT2D eigenvalue weighted by molar-refractivity contribution is 5.46. The van der Waals surface area contributed by atoms with E-state index in [9.17, 15) is 0 Å². The maximum Gasteiger partial charge on any atom is 0.0853 e. The molecule has 4 nitrogen and oxygen atoms in total. The van der Waals surface area contributed by atoms with Crippen LogP contribution in [0.4, 0.5) is 5.69 Å². The molecule has 1 aromatic heterocycles. The summed E-state index contributed by atoms with van der Waals surface area (Å²) in [7, 11) is 4.30. The minimum Gasteiger partial charge on any atom is -0.390 e. The van der Waals surface area contributed by atoms with Crippen molar-refractivity contribution in [3.05, 3.63) is 24.0 Å². The molecule has 1 aliphatic rings. The van der Waals surface area contributed by atoms with E-state index in [1.807, 2.05) is 12.1 Å². The summed E-state index contributed by atoms with van der Waals surface area (Å²) in [6, 6.07) is 4.53. The highest BCUT2D eigenvalue weighted by Gasteiger charge is 2.21. The molecule has 1 fully saturated rings. The first kappa shape index (κ1) is 12.3. The number of rotatable bonds is 3. The van der Waals surface area contributed by atoms with Gasteiger partial charge in [0.2, 0.25) is 0 Å². The minimum atomic E-state index is 0.00620. The molecule has 2 rings (SSSR count). The summed E-state index contributed by atoms with van der Waals surface area (Å²) in [5, 5.41) is 9.11. The predicted octanol–water partition coefficient (Wildman–Crippen LogP) is 1.10. The third kappa shape index (κ3) is 2.96. The number of hydrogen-bond acceptors (Lipinski definition) is 4. The largest absolute Gasteiger partial charge is 0.390 e. The zero-order valence-electron chi connectivity index (χ0n) is 10.6. The number of pyridine rings is 1. The lowest BCUT2D eigenvalue weighted by Crippen LogP contribution is -2.45. The van der Waals surface area contributed by atoms with Gasteiger partial charge in [-0.05, 0) is 38.6 Å². The molecule has 0 radical (unpaired) electrons. The molecule has 0 bridgehead atoms. The number of aromatic nitrogens is 1. The van der Waals surface area contributed by atoms with E-state index in [2.05, 4.69) is 28.9 Å². The van der Waals surface area contributed by atoms with Gasteiger partial charge in [0.15, 0.2) is 0 Å². The van der Waals surface area contributed by atoms with Gasteiger partial charge >= 0.3 is 0 Å². The van der Waals surface area contributed by atoms with E-state index in [-0.39, 0.29) is 6.61 Å². The zero-order valence-corrected chi connectivity index (χ0v) is 10.6. The summed E-state index contributed by atoms with van der Waals surface area (Å²) in [6.07, 6.45) is 4.25. The Labute approximate surface area is 103 Å². The van der Waals surface area contributed by atoms with Gasteiger partial charge in [-0.15, -0.1) is 0 Å². The van der Waals surface area contributed by atoms with Gasteiger partial charge in [-0.25, -0.2) is 0 Å². The van der Waals surface area contributed by atoms with Gasteiger partial charge in [0.05, 0.1) is 12.3 Å². The van der Waals surface area contributed by atoms with Crippen LogP contribution in [-0.4, -0.2) is 48.2 Å². The second-order valence-corrected chi connectivity index (χ2v) is 4.83. The summed E-state index contributed by atoms with van der Waals surface area (Å²) in [5.74, 6) is 0. The van der Waals surface area contributed by atoms with Crippen molar-refractivity contribution >= 4 is 5.69 Å². The summed E-state index contributed by atoms with van der Waals surface area (Å²) in [6.45, 7) is 2.31. The van der Waals surface area contributed by atoms with Gasteiger partial charge in [-0.2, -0.15) is 0 Å². The fourth-order valence-electron chi connectivity index (χ4n) is 2.44. The maximum absolute atomic E-state index is 9.11. The SMILES string of the molecule is CN1CCCC(N(C)c2ccnc(CO)c2)C1. The van der Waals surface area contributed by atoms with Crippen molar-refractivity contribution in [3.8, 4) is 0 Å². The van der Waals surface area contributed by atoms with Crippen LogP contribution < -0.4 is 4.90 Å². The molecular formula is C13H21N3O. The van der Waals surface area contributed by atoms with Crippen LogP contribution in [0, 0.1) is 0 Å². The standard InChI is InChI=1S/C13H21N3O/c1-15-7-3-4-13(9-15)16(2)12-5-6-14-11(8-12)10-17/h5-6,8,13,17H,3-4,7,9-10H2,1-2H3. The third-order valence-corrected chi connectivity index (χ3v) is 3.52. The predicted molar refractivity (Wildman–Crippen MR) is 69.1 cm³/mol. The highest BCUT2D eigenvalue weighted by atomic mass is 16.3. The molecule has 0 aliphatic carbocycles. The number of aliphatic hydroxyl groups excluding tert-OH is 1. The van der Waals surface area contributed by atoms with E-state index < -0.39 is 0 Å². The smallest absolute Gasteiger partial charge is 0.0853 e. The number of nitrogens with zero attached hydrogens (tertiary/aromatic N) is 3. The fourth-order valence-corrected chi connectivity index (χ4v) is 2.44. The average molecular weight is 235 g/mol.